The van der Waals surface area contributed by atoms with Crippen molar-refractivity contribution in [3.05, 3.63) is 88.0 Å². The van der Waals surface area contributed by atoms with Crippen LogP contribution in [0, 0.1) is 11.2 Å². The third kappa shape index (κ3) is 6.59. The number of thiophene rings is 1. The SMILES string of the molecule is CCCN(CCC)C(=O)c1ccc(-c2ccc(C(c3cccc(F)c3)C(C)(C)C(=O)Nc3nncs3)s2)cc1. The normalized spacial score (nSPS) is 12.2. The van der Waals surface area contributed by atoms with Gasteiger partial charge in [0, 0.05) is 34.3 Å². The molecule has 4 aromatic rings. The van der Waals surface area contributed by atoms with Crippen LogP contribution in [0.3, 0.4) is 0 Å². The molecule has 0 radical (unpaired) electrons. The van der Waals surface area contributed by atoms with Crippen LogP contribution in [0.1, 0.15) is 67.3 Å². The molecule has 0 aliphatic carbocycles. The zero-order valence-electron chi connectivity index (χ0n) is 22.6. The molecule has 2 aromatic heterocycles. The second kappa shape index (κ2) is 12.6. The van der Waals surface area contributed by atoms with E-state index in [1.165, 1.54) is 23.5 Å². The van der Waals surface area contributed by atoms with Crippen molar-refractivity contribution in [2.45, 2.75) is 46.5 Å². The smallest absolute Gasteiger partial charge is 0.253 e. The molecular formula is C30H33FN4O2S2. The number of nitrogens with zero attached hydrogens (tertiary/aromatic N) is 3. The molecule has 0 fully saturated rings. The summed E-state index contributed by atoms with van der Waals surface area (Å²) in [6.07, 6.45) is 1.84. The summed E-state index contributed by atoms with van der Waals surface area (Å²) >= 11 is 2.81. The minimum atomic E-state index is -0.931. The van der Waals surface area contributed by atoms with Crippen LogP contribution < -0.4 is 5.32 Å². The largest absolute Gasteiger partial charge is 0.339 e. The highest BCUT2D eigenvalue weighted by molar-refractivity contribution is 7.15. The van der Waals surface area contributed by atoms with Crippen LogP contribution in [0.25, 0.3) is 10.4 Å². The van der Waals surface area contributed by atoms with E-state index in [1.54, 1.807) is 22.9 Å². The monoisotopic (exact) mass is 564 g/mol. The fourth-order valence-electron chi connectivity index (χ4n) is 4.72. The summed E-state index contributed by atoms with van der Waals surface area (Å²) in [6.45, 7) is 9.35. The van der Waals surface area contributed by atoms with Gasteiger partial charge in [-0.15, -0.1) is 21.5 Å². The van der Waals surface area contributed by atoms with E-state index in [1.807, 2.05) is 61.2 Å². The first kappa shape index (κ1) is 28.6. The van der Waals surface area contributed by atoms with Crippen molar-refractivity contribution in [3.63, 3.8) is 0 Å². The predicted octanol–water partition coefficient (Wildman–Crippen LogP) is 7.46. The van der Waals surface area contributed by atoms with Gasteiger partial charge in [-0.1, -0.05) is 63.3 Å². The van der Waals surface area contributed by atoms with Gasteiger partial charge in [0.2, 0.25) is 11.0 Å². The summed E-state index contributed by atoms with van der Waals surface area (Å²) in [6, 6.07) is 18.1. The third-order valence-corrected chi connectivity index (χ3v) is 8.48. The van der Waals surface area contributed by atoms with Crippen molar-refractivity contribution in [1.82, 2.24) is 15.1 Å². The van der Waals surface area contributed by atoms with Crippen molar-refractivity contribution in [2.75, 3.05) is 18.4 Å². The molecule has 2 amide bonds. The molecule has 0 aliphatic rings. The lowest BCUT2D eigenvalue weighted by Crippen LogP contribution is -2.36. The van der Waals surface area contributed by atoms with Gasteiger partial charge < -0.3 is 10.2 Å². The number of hydrogen-bond donors (Lipinski definition) is 1. The standard InChI is InChI=1S/C30H33FN4O2S2/c1-5-16-35(17-6-2)27(36)21-12-10-20(11-13-21)24-14-15-25(39-24)26(22-8-7-9-23(31)18-22)30(3,4)28(37)33-29-34-32-19-38-29/h7-15,18-19,26H,5-6,16-17H2,1-4H3,(H,33,34,37). The number of aromatic nitrogens is 2. The summed E-state index contributed by atoms with van der Waals surface area (Å²) in [7, 11) is 0. The molecule has 6 nitrogen and oxygen atoms in total. The van der Waals surface area contributed by atoms with E-state index in [0.717, 1.165) is 41.2 Å². The summed E-state index contributed by atoms with van der Waals surface area (Å²) in [4.78, 5) is 30.3. The Kier molecular flexibility index (Phi) is 9.24. The van der Waals surface area contributed by atoms with Crippen molar-refractivity contribution < 1.29 is 14.0 Å². The molecule has 2 heterocycles. The van der Waals surface area contributed by atoms with Gasteiger partial charge in [-0.2, -0.15) is 0 Å². The first-order valence-electron chi connectivity index (χ1n) is 13.1. The van der Waals surface area contributed by atoms with Crippen molar-refractivity contribution >= 4 is 39.6 Å². The van der Waals surface area contributed by atoms with Crippen LogP contribution in [0.15, 0.2) is 66.2 Å². The maximum atomic E-state index is 14.3. The second-order valence-corrected chi connectivity index (χ2v) is 11.9. The van der Waals surface area contributed by atoms with Gasteiger partial charge in [-0.25, -0.2) is 4.39 Å². The van der Waals surface area contributed by atoms with Gasteiger partial charge in [-0.05, 0) is 60.4 Å². The molecule has 1 N–H and O–H groups in total. The Morgan fingerprint density at radius 1 is 1.03 bits per heavy atom. The lowest BCUT2D eigenvalue weighted by molar-refractivity contribution is -0.124. The number of rotatable bonds is 11. The number of nitrogens with one attached hydrogen (secondary N) is 1. The molecule has 9 heteroatoms. The summed E-state index contributed by atoms with van der Waals surface area (Å²) in [5.41, 5.74) is 3.00. The average molecular weight is 565 g/mol. The molecule has 204 valence electrons. The topological polar surface area (TPSA) is 75.2 Å². The maximum Gasteiger partial charge on any atom is 0.253 e. The summed E-state index contributed by atoms with van der Waals surface area (Å²) in [5.74, 6) is -0.936. The molecule has 0 saturated carbocycles. The highest BCUT2D eigenvalue weighted by Gasteiger charge is 2.40. The van der Waals surface area contributed by atoms with Gasteiger partial charge in [-0.3, -0.25) is 9.59 Å². The van der Waals surface area contributed by atoms with Gasteiger partial charge in [0.1, 0.15) is 11.3 Å². The Labute approximate surface area is 236 Å². The van der Waals surface area contributed by atoms with Gasteiger partial charge in [0.05, 0.1) is 5.41 Å². The molecule has 1 atom stereocenters. The zero-order valence-corrected chi connectivity index (χ0v) is 24.2. The number of amides is 2. The van der Waals surface area contributed by atoms with E-state index in [4.69, 9.17) is 0 Å². The Balaban J connectivity index is 1.64. The maximum absolute atomic E-state index is 14.3. The van der Waals surface area contributed by atoms with Crippen LogP contribution in [0.5, 0.6) is 0 Å². The highest BCUT2D eigenvalue weighted by Crippen LogP contribution is 2.46. The Morgan fingerprint density at radius 3 is 2.36 bits per heavy atom. The van der Waals surface area contributed by atoms with E-state index in [-0.39, 0.29) is 17.6 Å². The molecule has 0 bridgehead atoms. The number of hydrogen-bond acceptors (Lipinski definition) is 6. The molecule has 39 heavy (non-hydrogen) atoms. The molecule has 4 rings (SSSR count). The van der Waals surface area contributed by atoms with E-state index in [0.29, 0.717) is 16.3 Å². The van der Waals surface area contributed by atoms with E-state index in [9.17, 15) is 14.0 Å². The van der Waals surface area contributed by atoms with Gasteiger partial charge >= 0.3 is 0 Å². The summed E-state index contributed by atoms with van der Waals surface area (Å²) in [5, 5.41) is 11.0. The Morgan fingerprint density at radius 2 is 1.74 bits per heavy atom. The number of halogens is 1. The zero-order chi connectivity index (χ0) is 28.0. The first-order chi connectivity index (χ1) is 18.7. The first-order valence-corrected chi connectivity index (χ1v) is 14.8. The molecule has 1 unspecified atom stereocenters. The van der Waals surface area contributed by atoms with Crippen LogP contribution in [0.4, 0.5) is 9.52 Å². The highest BCUT2D eigenvalue weighted by atomic mass is 32.1. The molecule has 2 aromatic carbocycles. The lowest BCUT2D eigenvalue weighted by Gasteiger charge is -2.32. The number of benzene rings is 2. The Bertz CT molecular complexity index is 1390. The molecule has 0 aliphatic heterocycles. The predicted molar refractivity (Wildman–Crippen MR) is 157 cm³/mol. The van der Waals surface area contributed by atoms with Gasteiger partial charge in [0.25, 0.3) is 5.91 Å². The van der Waals surface area contributed by atoms with Gasteiger partial charge in [0.15, 0.2) is 0 Å². The molecule has 0 spiro atoms. The molecule has 0 saturated heterocycles. The van der Waals surface area contributed by atoms with Crippen molar-refractivity contribution in [2.24, 2.45) is 5.41 Å². The van der Waals surface area contributed by atoms with E-state index < -0.39 is 11.3 Å². The summed E-state index contributed by atoms with van der Waals surface area (Å²) < 4.78 is 14.3. The molecular weight excluding hydrogens is 531 g/mol. The average Bonchev–Trinajstić information content (AvgIpc) is 3.61. The quantitative estimate of drug-likeness (QED) is 0.205. The van der Waals surface area contributed by atoms with Crippen LogP contribution >= 0.6 is 22.7 Å². The third-order valence-electron chi connectivity index (χ3n) is 6.67. The number of anilines is 1. The number of carbonyl (C=O) groups is 2. The van der Waals surface area contributed by atoms with Crippen molar-refractivity contribution in [3.8, 4) is 10.4 Å². The second-order valence-electron chi connectivity index (χ2n) is 9.98. The van der Waals surface area contributed by atoms with Crippen LogP contribution in [-0.4, -0.2) is 40.0 Å². The lowest BCUT2D eigenvalue weighted by atomic mass is 9.73. The van der Waals surface area contributed by atoms with Crippen molar-refractivity contribution in [1.29, 1.82) is 0 Å². The van der Waals surface area contributed by atoms with Crippen LogP contribution in [-0.2, 0) is 4.79 Å². The number of carbonyl (C=O) groups excluding carboxylic acids is 2. The fraction of sp³-hybridized carbons (Fsp3) is 0.333. The minimum Gasteiger partial charge on any atom is -0.339 e. The van der Waals surface area contributed by atoms with Crippen LogP contribution in [0.2, 0.25) is 0 Å². The Hall–Kier alpha value is -3.43. The van der Waals surface area contributed by atoms with E-state index >= 15 is 0 Å². The van der Waals surface area contributed by atoms with E-state index in [2.05, 4.69) is 29.4 Å². The fourth-order valence-corrected chi connectivity index (χ4v) is 6.49. The minimum absolute atomic E-state index is 0.0477.